The average molecular weight is 433 g/mol. The zero-order valence-electron chi connectivity index (χ0n) is 18.9. The van der Waals surface area contributed by atoms with Crippen molar-refractivity contribution in [3.8, 4) is 11.1 Å². The van der Waals surface area contributed by atoms with Gasteiger partial charge in [-0.3, -0.25) is 9.59 Å². The van der Waals surface area contributed by atoms with Crippen LogP contribution in [0.3, 0.4) is 0 Å². The molecule has 0 aliphatic heterocycles. The van der Waals surface area contributed by atoms with Crippen molar-refractivity contribution in [3.63, 3.8) is 0 Å². The lowest BCUT2D eigenvalue weighted by Crippen LogP contribution is -2.27. The third kappa shape index (κ3) is 5.78. The van der Waals surface area contributed by atoms with Crippen LogP contribution >= 0.6 is 0 Å². The molecule has 1 heterocycles. The molecule has 0 aliphatic carbocycles. The van der Waals surface area contributed by atoms with Gasteiger partial charge in [0.25, 0.3) is 0 Å². The molecule has 0 saturated heterocycles. The molecule has 0 fully saturated rings. The Kier molecular flexibility index (Phi) is 7.03. The number of hydrogen-bond acceptors (Lipinski definition) is 5. The smallest absolute Gasteiger partial charge is 0.435 e. The largest absolute Gasteiger partial charge is 0.442 e. The van der Waals surface area contributed by atoms with E-state index in [0.29, 0.717) is 18.4 Å². The number of ketones is 1. The highest BCUT2D eigenvalue weighted by atomic mass is 16.6. The molecule has 3 rings (SSSR count). The molecule has 1 atom stereocenters. The lowest BCUT2D eigenvalue weighted by atomic mass is 9.88. The van der Waals surface area contributed by atoms with Crippen molar-refractivity contribution in [3.05, 3.63) is 77.6 Å². The van der Waals surface area contributed by atoms with Gasteiger partial charge in [0.2, 0.25) is 0 Å². The van der Waals surface area contributed by atoms with Gasteiger partial charge in [-0.15, -0.1) is 0 Å². The van der Waals surface area contributed by atoms with E-state index in [-0.39, 0.29) is 11.7 Å². The number of carbonyl (C=O) groups excluding carboxylic acids is 3. The van der Waals surface area contributed by atoms with Gasteiger partial charge in [0.15, 0.2) is 0 Å². The molecule has 0 radical (unpaired) electrons. The van der Waals surface area contributed by atoms with Crippen LogP contribution in [0.1, 0.15) is 61.5 Å². The Hall–Kier alpha value is -3.54. The van der Waals surface area contributed by atoms with E-state index in [2.05, 4.69) is 5.10 Å². The number of ether oxygens (including phenoxy) is 1. The number of nitrogens with zero attached hydrogens (tertiary/aromatic N) is 2. The SMILES string of the molecule is CCC(C(=O)Cc1ccc(-c2cnn(C(=O)OC(C)(C)C)c2)cc1)c1ccc(C=O)cc1. The first-order chi connectivity index (χ1) is 15.2. The minimum absolute atomic E-state index is 0.136. The van der Waals surface area contributed by atoms with E-state index < -0.39 is 11.7 Å². The second-order valence-electron chi connectivity index (χ2n) is 8.74. The van der Waals surface area contributed by atoms with Crippen LogP contribution in [0, 0.1) is 0 Å². The predicted molar refractivity (Wildman–Crippen MR) is 123 cm³/mol. The summed E-state index contributed by atoms with van der Waals surface area (Å²) < 4.78 is 6.51. The second kappa shape index (κ2) is 9.73. The lowest BCUT2D eigenvalue weighted by Gasteiger charge is -2.18. The van der Waals surface area contributed by atoms with Crippen LogP contribution in [-0.4, -0.2) is 33.5 Å². The number of carbonyl (C=O) groups is 3. The molecule has 1 aromatic heterocycles. The molecule has 1 unspecified atom stereocenters. The fourth-order valence-corrected chi connectivity index (χ4v) is 3.48. The Morgan fingerprint density at radius 2 is 1.69 bits per heavy atom. The molecular formula is C26H28N2O4. The minimum Gasteiger partial charge on any atom is -0.442 e. The molecule has 32 heavy (non-hydrogen) atoms. The van der Waals surface area contributed by atoms with Crippen LogP contribution in [0.15, 0.2) is 60.9 Å². The van der Waals surface area contributed by atoms with Gasteiger partial charge in [-0.2, -0.15) is 9.78 Å². The molecule has 6 nitrogen and oxygen atoms in total. The molecule has 0 N–H and O–H groups in total. The zero-order valence-corrected chi connectivity index (χ0v) is 18.9. The highest BCUT2D eigenvalue weighted by molar-refractivity contribution is 5.88. The maximum Gasteiger partial charge on any atom is 0.435 e. The third-order valence-corrected chi connectivity index (χ3v) is 5.10. The molecule has 0 bridgehead atoms. The molecule has 166 valence electrons. The van der Waals surface area contributed by atoms with E-state index in [1.54, 1.807) is 45.3 Å². The van der Waals surface area contributed by atoms with Gasteiger partial charge in [0.05, 0.1) is 6.20 Å². The van der Waals surface area contributed by atoms with Crippen LogP contribution in [-0.2, 0) is 16.0 Å². The topological polar surface area (TPSA) is 78.3 Å². The van der Waals surface area contributed by atoms with Crippen molar-refractivity contribution in [1.29, 1.82) is 0 Å². The van der Waals surface area contributed by atoms with Crippen LogP contribution in [0.5, 0.6) is 0 Å². The highest BCUT2D eigenvalue weighted by Gasteiger charge is 2.20. The molecule has 0 amide bonds. The molecule has 0 aliphatic rings. The van der Waals surface area contributed by atoms with Crippen molar-refractivity contribution >= 4 is 18.2 Å². The molecule has 0 spiro atoms. The summed E-state index contributed by atoms with van der Waals surface area (Å²) >= 11 is 0. The Labute approximate surface area is 188 Å². The quantitative estimate of drug-likeness (QED) is 0.464. The lowest BCUT2D eigenvalue weighted by molar-refractivity contribution is -0.119. The van der Waals surface area contributed by atoms with E-state index in [4.69, 9.17) is 4.74 Å². The first-order valence-electron chi connectivity index (χ1n) is 10.7. The van der Waals surface area contributed by atoms with Gasteiger partial charge in [-0.05, 0) is 43.9 Å². The highest BCUT2D eigenvalue weighted by Crippen LogP contribution is 2.24. The second-order valence-corrected chi connectivity index (χ2v) is 8.74. The first kappa shape index (κ1) is 23.1. The molecule has 0 saturated carbocycles. The number of hydrogen-bond donors (Lipinski definition) is 0. The number of aldehydes is 1. The maximum atomic E-state index is 12.9. The van der Waals surface area contributed by atoms with Crippen molar-refractivity contribution in [2.24, 2.45) is 0 Å². The van der Waals surface area contributed by atoms with Crippen molar-refractivity contribution in [2.75, 3.05) is 0 Å². The standard InChI is InChI=1S/C26H28N2O4/c1-5-23(21-12-8-19(17-29)9-13-21)24(30)14-18-6-10-20(11-7-18)22-15-27-28(16-22)25(31)32-26(2,3)4/h6-13,15-17,23H,5,14H2,1-4H3. The van der Waals surface area contributed by atoms with E-state index in [1.165, 1.54) is 4.68 Å². The molecular weight excluding hydrogens is 404 g/mol. The third-order valence-electron chi connectivity index (χ3n) is 5.10. The summed E-state index contributed by atoms with van der Waals surface area (Å²) in [6.07, 6.45) is 4.53. The van der Waals surface area contributed by atoms with Gasteiger partial charge >= 0.3 is 6.09 Å². The molecule has 6 heteroatoms. The monoisotopic (exact) mass is 432 g/mol. The first-order valence-corrected chi connectivity index (χ1v) is 10.7. The Bertz CT molecular complexity index is 1090. The summed E-state index contributed by atoms with van der Waals surface area (Å²) in [5.41, 5.74) is 3.53. The van der Waals surface area contributed by atoms with Crippen molar-refractivity contribution in [2.45, 2.75) is 52.1 Å². The summed E-state index contributed by atoms with van der Waals surface area (Å²) in [6, 6.07) is 14.8. The van der Waals surface area contributed by atoms with E-state index in [9.17, 15) is 14.4 Å². The van der Waals surface area contributed by atoms with Crippen LogP contribution < -0.4 is 0 Å². The summed E-state index contributed by atoms with van der Waals surface area (Å²) in [7, 11) is 0. The maximum absolute atomic E-state index is 12.9. The Morgan fingerprint density at radius 3 is 2.25 bits per heavy atom. The van der Waals surface area contributed by atoms with E-state index >= 15 is 0 Å². The summed E-state index contributed by atoms with van der Waals surface area (Å²) in [5.74, 6) is -0.0701. The normalized spacial score (nSPS) is 12.2. The van der Waals surface area contributed by atoms with Crippen molar-refractivity contribution < 1.29 is 19.1 Å². The number of aromatic nitrogens is 2. The summed E-state index contributed by atoms with van der Waals surface area (Å²) in [4.78, 5) is 35.9. The number of benzene rings is 2. The predicted octanol–water partition coefficient (Wildman–Crippen LogP) is 5.45. The van der Waals surface area contributed by atoms with Gasteiger partial charge in [0.1, 0.15) is 17.7 Å². The Morgan fingerprint density at radius 1 is 1.03 bits per heavy atom. The number of rotatable bonds is 7. The van der Waals surface area contributed by atoms with Gasteiger partial charge in [0, 0.05) is 29.7 Å². The van der Waals surface area contributed by atoms with Gasteiger partial charge in [-0.1, -0.05) is 55.5 Å². The number of Topliss-reactive ketones (excluding diaryl/α,β-unsaturated/α-hetero) is 1. The molecule has 3 aromatic rings. The van der Waals surface area contributed by atoms with E-state index in [1.807, 2.05) is 43.3 Å². The van der Waals surface area contributed by atoms with Crippen LogP contribution in [0.4, 0.5) is 4.79 Å². The van der Waals surface area contributed by atoms with Crippen molar-refractivity contribution in [1.82, 2.24) is 9.78 Å². The van der Waals surface area contributed by atoms with Gasteiger partial charge < -0.3 is 4.74 Å². The average Bonchev–Trinajstić information content (AvgIpc) is 3.25. The van der Waals surface area contributed by atoms with E-state index in [0.717, 1.165) is 28.5 Å². The summed E-state index contributed by atoms with van der Waals surface area (Å²) in [6.45, 7) is 7.40. The fraction of sp³-hybridized carbons (Fsp3) is 0.308. The zero-order chi connectivity index (χ0) is 23.3. The summed E-state index contributed by atoms with van der Waals surface area (Å²) in [5, 5.41) is 4.09. The fourth-order valence-electron chi connectivity index (χ4n) is 3.48. The minimum atomic E-state index is -0.593. The van der Waals surface area contributed by atoms with Crippen LogP contribution in [0.25, 0.3) is 11.1 Å². The van der Waals surface area contributed by atoms with Crippen LogP contribution in [0.2, 0.25) is 0 Å². The molecule has 2 aromatic carbocycles. The van der Waals surface area contributed by atoms with Gasteiger partial charge in [-0.25, -0.2) is 4.79 Å². The Balaban J connectivity index is 1.68.